The zero-order chi connectivity index (χ0) is 24.0. The van der Waals surface area contributed by atoms with E-state index in [1.807, 2.05) is 6.92 Å². The molecule has 0 saturated heterocycles. The topological polar surface area (TPSA) is 80.4 Å². The fraction of sp³-hybridized carbons (Fsp3) is 0.348. The van der Waals surface area contributed by atoms with Gasteiger partial charge < -0.3 is 11.1 Å². The molecule has 2 aliphatic rings. The van der Waals surface area contributed by atoms with Gasteiger partial charge in [0.15, 0.2) is 5.17 Å². The highest BCUT2D eigenvalue weighted by Gasteiger charge is 2.70. The average molecular weight is 479 g/mol. The third-order valence-corrected chi connectivity index (χ3v) is 7.74. The number of rotatable bonds is 5. The van der Waals surface area contributed by atoms with Crippen LogP contribution in [0.3, 0.4) is 0 Å². The molecule has 2 atom stereocenters. The largest absolute Gasteiger partial charge is 0.378 e. The molecule has 2 aromatic rings. The zero-order valence-electron chi connectivity index (χ0n) is 17.7. The molecule has 33 heavy (non-hydrogen) atoms. The minimum Gasteiger partial charge on any atom is -0.378 e. The quantitative estimate of drug-likeness (QED) is 0.455. The number of thioether (sulfide) groups is 1. The third-order valence-electron chi connectivity index (χ3n) is 6.33. The van der Waals surface area contributed by atoms with Crippen LogP contribution < -0.4 is 11.1 Å². The predicted octanol–water partition coefficient (Wildman–Crippen LogP) is 5.25. The summed E-state index contributed by atoms with van der Waals surface area (Å²) in [7, 11) is 0. The second-order valence-electron chi connectivity index (χ2n) is 8.31. The summed E-state index contributed by atoms with van der Waals surface area (Å²) in [5, 5.41) is 2.42. The van der Waals surface area contributed by atoms with Gasteiger partial charge in [0, 0.05) is 34.8 Å². The number of halogens is 4. The first-order chi connectivity index (χ1) is 15.6. The molecule has 1 fully saturated rings. The summed E-state index contributed by atoms with van der Waals surface area (Å²) in [4.78, 5) is 20.7. The number of hydrogen-bond donors (Lipinski definition) is 2. The Bertz CT molecular complexity index is 1130. The maximum absolute atomic E-state index is 15.2. The van der Waals surface area contributed by atoms with Crippen LogP contribution in [0.1, 0.15) is 42.2 Å². The zero-order valence-corrected chi connectivity index (χ0v) is 18.6. The number of aliphatic imine (C=N–C) groups is 1. The van der Waals surface area contributed by atoms with Crippen LogP contribution in [0.2, 0.25) is 0 Å². The van der Waals surface area contributed by atoms with Crippen LogP contribution in [0, 0.1) is 17.0 Å². The van der Waals surface area contributed by atoms with Gasteiger partial charge in [-0.2, -0.15) is 0 Å². The van der Waals surface area contributed by atoms with E-state index in [0.29, 0.717) is 6.42 Å². The predicted molar refractivity (Wildman–Crippen MR) is 120 cm³/mol. The van der Waals surface area contributed by atoms with Crippen molar-refractivity contribution in [1.29, 1.82) is 0 Å². The molecule has 1 aromatic heterocycles. The standard InChI is InChI=1S/C23H22F4N4OS/c1-3-18-21(11-22(26,27)12-21)23(4-2,31-20(28)33-18)15-9-14(6-7-16(15)25)30-19(32)17-8-5-13(24)10-29-17/h4-10,18H,2-3,11-12H2,1H3,(H2,28,31)(H,30,32)/t18-,23-/m1/s1. The highest BCUT2D eigenvalue weighted by molar-refractivity contribution is 8.14. The number of alkyl halides is 2. The third kappa shape index (κ3) is 3.80. The number of pyridine rings is 1. The molecule has 3 N–H and O–H groups in total. The minimum absolute atomic E-state index is 0.000402. The molecule has 0 radical (unpaired) electrons. The number of nitrogens with one attached hydrogen (secondary N) is 1. The molecular weight excluding hydrogens is 456 g/mol. The summed E-state index contributed by atoms with van der Waals surface area (Å²) in [6, 6.07) is 6.12. The van der Waals surface area contributed by atoms with Gasteiger partial charge in [0.05, 0.1) is 6.20 Å². The summed E-state index contributed by atoms with van der Waals surface area (Å²) in [5.74, 6) is -4.82. The molecule has 0 bridgehead atoms. The van der Waals surface area contributed by atoms with E-state index in [-0.39, 0.29) is 27.4 Å². The second-order valence-corrected chi connectivity index (χ2v) is 9.53. The Hall–Kier alpha value is -2.88. The normalized spacial score (nSPS) is 25.1. The van der Waals surface area contributed by atoms with Crippen LogP contribution in [-0.2, 0) is 5.54 Å². The van der Waals surface area contributed by atoms with Gasteiger partial charge in [0.2, 0.25) is 5.92 Å². The van der Waals surface area contributed by atoms with Gasteiger partial charge in [-0.05, 0) is 36.8 Å². The fourth-order valence-corrected chi connectivity index (χ4v) is 6.17. The van der Waals surface area contributed by atoms with Gasteiger partial charge >= 0.3 is 0 Å². The first-order valence-electron chi connectivity index (χ1n) is 10.3. The van der Waals surface area contributed by atoms with Crippen molar-refractivity contribution in [2.45, 2.75) is 42.9 Å². The molecule has 1 saturated carbocycles. The van der Waals surface area contributed by atoms with E-state index in [1.165, 1.54) is 36.0 Å². The average Bonchev–Trinajstić information content (AvgIpc) is 2.75. The van der Waals surface area contributed by atoms with Crippen molar-refractivity contribution < 1.29 is 22.4 Å². The van der Waals surface area contributed by atoms with Gasteiger partial charge in [-0.3, -0.25) is 4.79 Å². The number of anilines is 1. The molecule has 1 amide bonds. The van der Waals surface area contributed by atoms with E-state index in [9.17, 15) is 18.0 Å². The summed E-state index contributed by atoms with van der Waals surface area (Å²) in [6.45, 7) is 5.70. The molecule has 4 rings (SSSR count). The van der Waals surface area contributed by atoms with Crippen molar-refractivity contribution in [3.8, 4) is 0 Å². The molecule has 1 aliphatic carbocycles. The Morgan fingerprint density at radius 1 is 1.30 bits per heavy atom. The SMILES string of the molecule is C=C[C@]1(c2cc(NC(=O)c3ccc(F)cn3)ccc2F)N=C(N)S[C@H](CC)C12CC(F)(F)C2. The van der Waals surface area contributed by atoms with Crippen LogP contribution in [0.15, 0.2) is 54.2 Å². The lowest BCUT2D eigenvalue weighted by Gasteiger charge is -2.61. The number of nitrogens with two attached hydrogens (primary N) is 1. The number of aromatic nitrogens is 1. The Labute approximate surface area is 192 Å². The molecule has 1 aliphatic heterocycles. The van der Waals surface area contributed by atoms with E-state index >= 15 is 4.39 Å². The van der Waals surface area contributed by atoms with Gasteiger partial charge in [-0.1, -0.05) is 24.8 Å². The lowest BCUT2D eigenvalue weighted by molar-refractivity contribution is -0.184. The van der Waals surface area contributed by atoms with E-state index in [4.69, 9.17) is 5.73 Å². The molecule has 2 heterocycles. The van der Waals surface area contributed by atoms with Crippen LogP contribution in [-0.4, -0.2) is 27.2 Å². The number of benzene rings is 1. The number of carbonyl (C=O) groups excluding carboxylic acids is 1. The molecule has 1 aromatic carbocycles. The van der Waals surface area contributed by atoms with Crippen LogP contribution in [0.5, 0.6) is 0 Å². The summed E-state index contributed by atoms with van der Waals surface area (Å²) >= 11 is 1.22. The molecule has 0 unspecified atom stereocenters. The van der Waals surface area contributed by atoms with Gasteiger partial charge in [-0.15, -0.1) is 6.58 Å². The number of hydrogen-bond acceptors (Lipinski definition) is 5. The van der Waals surface area contributed by atoms with Crippen LogP contribution >= 0.6 is 11.8 Å². The number of amides is 1. The van der Waals surface area contributed by atoms with Crippen molar-refractivity contribution in [1.82, 2.24) is 4.98 Å². The first-order valence-corrected chi connectivity index (χ1v) is 11.2. The summed E-state index contributed by atoms with van der Waals surface area (Å²) in [5.41, 5.74) is 3.58. The highest BCUT2D eigenvalue weighted by Crippen LogP contribution is 2.68. The monoisotopic (exact) mass is 478 g/mol. The smallest absolute Gasteiger partial charge is 0.274 e. The van der Waals surface area contributed by atoms with Crippen molar-refractivity contribution in [3.63, 3.8) is 0 Å². The summed E-state index contributed by atoms with van der Waals surface area (Å²) in [6.07, 6.45) is 1.85. The highest BCUT2D eigenvalue weighted by atomic mass is 32.2. The van der Waals surface area contributed by atoms with Crippen molar-refractivity contribution >= 4 is 28.5 Å². The van der Waals surface area contributed by atoms with Gasteiger partial charge in [-0.25, -0.2) is 27.5 Å². The minimum atomic E-state index is -2.90. The molecule has 5 nitrogen and oxygen atoms in total. The number of carbonyl (C=O) groups is 1. The lowest BCUT2D eigenvalue weighted by Crippen LogP contribution is -2.64. The van der Waals surface area contributed by atoms with Crippen LogP contribution in [0.25, 0.3) is 0 Å². The van der Waals surface area contributed by atoms with E-state index in [2.05, 4.69) is 21.9 Å². The maximum Gasteiger partial charge on any atom is 0.274 e. The number of amidine groups is 1. The molecular formula is C23H22F4N4OS. The Balaban J connectivity index is 1.78. The van der Waals surface area contributed by atoms with Crippen molar-refractivity contribution in [2.75, 3.05) is 5.32 Å². The van der Waals surface area contributed by atoms with E-state index in [1.54, 1.807) is 0 Å². The molecule has 174 valence electrons. The van der Waals surface area contributed by atoms with E-state index < -0.39 is 47.3 Å². The maximum atomic E-state index is 15.2. The van der Waals surface area contributed by atoms with E-state index in [0.717, 1.165) is 18.3 Å². The van der Waals surface area contributed by atoms with Gasteiger partial charge in [0.25, 0.3) is 5.91 Å². The Kier molecular flexibility index (Phi) is 5.76. The van der Waals surface area contributed by atoms with Crippen LogP contribution in [0.4, 0.5) is 23.2 Å². The lowest BCUT2D eigenvalue weighted by atomic mass is 9.51. The Morgan fingerprint density at radius 3 is 2.61 bits per heavy atom. The van der Waals surface area contributed by atoms with Gasteiger partial charge in [0.1, 0.15) is 22.9 Å². The first kappa shape index (κ1) is 23.3. The molecule has 1 spiro atoms. The second kappa shape index (κ2) is 8.16. The molecule has 10 heteroatoms. The number of nitrogens with zero attached hydrogens (tertiary/aromatic N) is 2. The van der Waals surface area contributed by atoms with Crippen molar-refractivity contribution in [2.24, 2.45) is 16.1 Å². The summed E-state index contributed by atoms with van der Waals surface area (Å²) < 4.78 is 56.8. The van der Waals surface area contributed by atoms with Crippen molar-refractivity contribution in [3.05, 3.63) is 72.1 Å². The fourth-order valence-electron chi connectivity index (χ4n) is 4.95. The Morgan fingerprint density at radius 2 is 2.03 bits per heavy atom.